The van der Waals surface area contributed by atoms with Gasteiger partial charge in [-0.05, 0) is 37.1 Å². The van der Waals surface area contributed by atoms with Gasteiger partial charge in [-0.25, -0.2) is 13.1 Å². The Morgan fingerprint density at radius 2 is 2.00 bits per heavy atom. The van der Waals surface area contributed by atoms with Crippen LogP contribution in [0.2, 0.25) is 0 Å². The molecule has 3 rings (SSSR count). The van der Waals surface area contributed by atoms with Crippen molar-refractivity contribution in [1.82, 2.24) is 9.71 Å². The zero-order valence-electron chi connectivity index (χ0n) is 13.2. The van der Waals surface area contributed by atoms with Gasteiger partial charge in [0.25, 0.3) is 0 Å². The number of nitro groups is 1. The summed E-state index contributed by atoms with van der Waals surface area (Å²) in [6, 6.07) is 6.75. The van der Waals surface area contributed by atoms with Crippen molar-refractivity contribution in [2.24, 2.45) is 0 Å². The second-order valence-electron chi connectivity index (χ2n) is 5.91. The number of rotatable bonds is 4. The van der Waals surface area contributed by atoms with Crippen molar-refractivity contribution in [2.75, 3.05) is 24.2 Å². The summed E-state index contributed by atoms with van der Waals surface area (Å²) < 4.78 is 25.2. The van der Waals surface area contributed by atoms with Gasteiger partial charge in [0.2, 0.25) is 10.0 Å². The zero-order valence-corrected chi connectivity index (χ0v) is 14.0. The minimum atomic E-state index is -3.24. The largest absolute Gasteiger partial charge is 0.366 e. The fourth-order valence-electron chi connectivity index (χ4n) is 3.11. The average Bonchev–Trinajstić information content (AvgIpc) is 2.53. The Hall–Kier alpha value is -2.26. The van der Waals surface area contributed by atoms with E-state index < -0.39 is 10.0 Å². The number of pyridine rings is 1. The van der Waals surface area contributed by atoms with Crippen LogP contribution in [0.4, 0.5) is 11.4 Å². The maximum Gasteiger partial charge on any atom is 0.301 e. The van der Waals surface area contributed by atoms with E-state index in [-0.39, 0.29) is 16.7 Å². The molecule has 1 aliphatic rings. The lowest BCUT2D eigenvalue weighted by atomic mass is 10.0. The normalized spacial score (nSPS) is 16.5. The predicted octanol–water partition coefficient (Wildman–Crippen LogP) is 1.66. The minimum Gasteiger partial charge on any atom is -0.366 e. The van der Waals surface area contributed by atoms with E-state index in [0.717, 1.165) is 6.26 Å². The summed E-state index contributed by atoms with van der Waals surface area (Å²) in [6.45, 7) is 1.11. The van der Waals surface area contributed by atoms with Crippen LogP contribution in [0.25, 0.3) is 10.9 Å². The fourth-order valence-corrected chi connectivity index (χ4v) is 3.95. The van der Waals surface area contributed by atoms with Crippen LogP contribution in [0.15, 0.2) is 30.5 Å². The number of benzene rings is 1. The molecule has 1 saturated heterocycles. The Morgan fingerprint density at radius 1 is 1.29 bits per heavy atom. The van der Waals surface area contributed by atoms with Gasteiger partial charge in [0, 0.05) is 25.3 Å². The van der Waals surface area contributed by atoms with Gasteiger partial charge in [0.1, 0.15) is 5.69 Å². The van der Waals surface area contributed by atoms with E-state index in [4.69, 9.17) is 0 Å². The van der Waals surface area contributed by atoms with Gasteiger partial charge in [0.05, 0.1) is 22.1 Å². The number of sulfonamides is 1. The van der Waals surface area contributed by atoms with Crippen LogP contribution in [0.1, 0.15) is 12.8 Å². The van der Waals surface area contributed by atoms with E-state index in [1.54, 1.807) is 30.5 Å². The van der Waals surface area contributed by atoms with Gasteiger partial charge < -0.3 is 4.90 Å². The molecule has 0 spiro atoms. The van der Waals surface area contributed by atoms with Crippen molar-refractivity contribution in [1.29, 1.82) is 0 Å². The Morgan fingerprint density at radius 3 is 2.62 bits per heavy atom. The van der Waals surface area contributed by atoms with E-state index in [1.165, 1.54) is 0 Å². The number of fused-ring (bicyclic) bond motifs is 1. The summed E-state index contributed by atoms with van der Waals surface area (Å²) >= 11 is 0. The summed E-state index contributed by atoms with van der Waals surface area (Å²) in [7, 11) is -3.24. The third-order valence-corrected chi connectivity index (χ3v) is 4.90. The molecule has 0 bridgehead atoms. The molecule has 2 aromatic rings. The topological polar surface area (TPSA) is 105 Å². The molecule has 1 aliphatic heterocycles. The summed E-state index contributed by atoms with van der Waals surface area (Å²) in [5, 5.41) is 12.1. The monoisotopic (exact) mass is 350 g/mol. The van der Waals surface area contributed by atoms with Crippen LogP contribution < -0.4 is 9.62 Å². The molecule has 0 amide bonds. The van der Waals surface area contributed by atoms with Crippen LogP contribution in [0, 0.1) is 10.1 Å². The van der Waals surface area contributed by atoms with Gasteiger partial charge >= 0.3 is 5.69 Å². The van der Waals surface area contributed by atoms with E-state index in [2.05, 4.69) is 9.71 Å². The number of nitrogens with one attached hydrogen (secondary N) is 1. The first-order valence-corrected chi connectivity index (χ1v) is 9.48. The van der Waals surface area contributed by atoms with E-state index in [1.807, 2.05) is 4.90 Å². The molecule has 1 fully saturated rings. The van der Waals surface area contributed by atoms with Crippen LogP contribution in [-0.4, -0.2) is 43.7 Å². The molecular formula is C15H18N4O4S. The predicted molar refractivity (Wildman–Crippen MR) is 91.6 cm³/mol. The van der Waals surface area contributed by atoms with Crippen molar-refractivity contribution in [3.05, 3.63) is 40.6 Å². The molecule has 0 unspecified atom stereocenters. The van der Waals surface area contributed by atoms with Crippen molar-refractivity contribution in [3.8, 4) is 0 Å². The molecule has 0 saturated carbocycles. The minimum absolute atomic E-state index is 0.0510. The highest BCUT2D eigenvalue weighted by atomic mass is 32.2. The molecular weight excluding hydrogens is 332 g/mol. The Balaban J connectivity index is 1.88. The number of piperidine rings is 1. The fraction of sp³-hybridized carbons (Fsp3) is 0.400. The summed E-state index contributed by atoms with van der Waals surface area (Å²) in [5.74, 6) is 0. The van der Waals surface area contributed by atoms with E-state index in [0.29, 0.717) is 42.5 Å². The maximum absolute atomic E-state index is 11.6. The van der Waals surface area contributed by atoms with Gasteiger partial charge in [0.15, 0.2) is 0 Å². The molecule has 1 N–H and O–H groups in total. The summed E-state index contributed by atoms with van der Waals surface area (Å²) in [4.78, 5) is 17.3. The smallest absolute Gasteiger partial charge is 0.301 e. The summed E-state index contributed by atoms with van der Waals surface area (Å²) in [5.41, 5.74) is 1.19. The first-order chi connectivity index (χ1) is 11.3. The highest BCUT2D eigenvalue weighted by molar-refractivity contribution is 7.88. The number of aromatic nitrogens is 1. The number of nitrogens with zero attached hydrogens (tertiary/aromatic N) is 3. The second kappa shape index (κ2) is 6.33. The highest BCUT2D eigenvalue weighted by Crippen LogP contribution is 2.36. The summed E-state index contributed by atoms with van der Waals surface area (Å²) in [6.07, 6.45) is 3.96. The molecule has 9 heteroatoms. The van der Waals surface area contributed by atoms with Crippen molar-refractivity contribution < 1.29 is 13.3 Å². The van der Waals surface area contributed by atoms with Gasteiger partial charge in [-0.3, -0.25) is 15.1 Å². The molecule has 0 aliphatic carbocycles. The zero-order chi connectivity index (χ0) is 17.3. The van der Waals surface area contributed by atoms with Crippen molar-refractivity contribution in [2.45, 2.75) is 18.9 Å². The molecule has 128 valence electrons. The van der Waals surface area contributed by atoms with Gasteiger partial charge in [-0.2, -0.15) is 0 Å². The van der Waals surface area contributed by atoms with Gasteiger partial charge in [-0.1, -0.05) is 0 Å². The number of anilines is 1. The van der Waals surface area contributed by atoms with Crippen molar-refractivity contribution >= 4 is 32.3 Å². The standard InChI is InChI=1S/C15H18N4O4S/c1-24(22,23)17-11-6-9-18(10-7-11)14-5-4-13-12(3-2-8-16-13)15(14)19(20)21/h2-5,8,11,17H,6-7,9-10H2,1H3. The third-order valence-electron chi connectivity index (χ3n) is 4.13. The molecule has 8 nitrogen and oxygen atoms in total. The Bertz CT molecular complexity index is 876. The molecule has 0 radical (unpaired) electrons. The molecule has 1 aromatic carbocycles. The first kappa shape index (κ1) is 16.6. The lowest BCUT2D eigenvalue weighted by Crippen LogP contribution is -2.44. The lowest BCUT2D eigenvalue weighted by Gasteiger charge is -2.33. The van der Waals surface area contributed by atoms with Crippen LogP contribution in [0.5, 0.6) is 0 Å². The SMILES string of the molecule is CS(=O)(=O)NC1CCN(c2ccc3ncccc3c2[N+](=O)[O-])CC1. The number of nitro benzene ring substituents is 1. The average molecular weight is 350 g/mol. The quantitative estimate of drug-likeness (QED) is 0.664. The second-order valence-corrected chi connectivity index (χ2v) is 7.69. The highest BCUT2D eigenvalue weighted by Gasteiger charge is 2.27. The Kier molecular flexibility index (Phi) is 4.37. The Labute approximate surface area is 139 Å². The number of hydrogen-bond acceptors (Lipinski definition) is 6. The first-order valence-electron chi connectivity index (χ1n) is 7.59. The molecule has 1 aromatic heterocycles. The van der Waals surface area contributed by atoms with Crippen LogP contribution in [-0.2, 0) is 10.0 Å². The van der Waals surface area contributed by atoms with Gasteiger partial charge in [-0.15, -0.1) is 0 Å². The molecule has 0 atom stereocenters. The van der Waals surface area contributed by atoms with E-state index >= 15 is 0 Å². The lowest BCUT2D eigenvalue weighted by molar-refractivity contribution is -0.382. The maximum atomic E-state index is 11.6. The molecule has 24 heavy (non-hydrogen) atoms. The number of hydrogen-bond donors (Lipinski definition) is 1. The van der Waals surface area contributed by atoms with Crippen LogP contribution in [0.3, 0.4) is 0 Å². The van der Waals surface area contributed by atoms with Crippen molar-refractivity contribution in [3.63, 3.8) is 0 Å². The third kappa shape index (κ3) is 3.46. The van der Waals surface area contributed by atoms with Crippen LogP contribution >= 0.6 is 0 Å². The molecule has 2 heterocycles. The van der Waals surface area contributed by atoms with E-state index in [9.17, 15) is 18.5 Å².